The van der Waals surface area contributed by atoms with Crippen molar-refractivity contribution >= 4 is 29.9 Å². The lowest BCUT2D eigenvalue weighted by atomic mass is 10.0. The minimum absolute atomic E-state index is 0. The third-order valence-electron chi connectivity index (χ3n) is 2.52. The van der Waals surface area contributed by atoms with E-state index in [9.17, 15) is 4.79 Å². The predicted molar refractivity (Wildman–Crippen MR) is 67.4 cm³/mol. The zero-order valence-electron chi connectivity index (χ0n) is 8.70. The number of hydrogen-bond acceptors (Lipinski definition) is 2. The normalized spacial score (nSPS) is 14.8. The van der Waals surface area contributed by atoms with Crippen LogP contribution in [0, 0.1) is 5.92 Å². The van der Waals surface area contributed by atoms with Gasteiger partial charge in [-0.3, -0.25) is 4.79 Å². The lowest BCUT2D eigenvalue weighted by Gasteiger charge is -2.27. The van der Waals surface area contributed by atoms with Crippen LogP contribution in [0.25, 0.3) is 0 Å². The van der Waals surface area contributed by atoms with Crippen LogP contribution < -0.4 is 10.6 Å². The highest BCUT2D eigenvalue weighted by Gasteiger charge is 2.17. The Morgan fingerprint density at radius 3 is 2.50 bits per heavy atom. The van der Waals surface area contributed by atoms with Crippen LogP contribution >= 0.6 is 24.0 Å². The summed E-state index contributed by atoms with van der Waals surface area (Å²) in [6, 6.07) is 6.91. The Morgan fingerprint density at radius 1 is 1.38 bits per heavy atom. The van der Waals surface area contributed by atoms with Crippen LogP contribution in [0.3, 0.4) is 0 Å². The summed E-state index contributed by atoms with van der Waals surface area (Å²) in [5.74, 6) is 0.555. The second kappa shape index (κ2) is 6.09. The van der Waals surface area contributed by atoms with Crippen LogP contribution in [0.15, 0.2) is 24.3 Å². The van der Waals surface area contributed by atoms with E-state index >= 15 is 0 Å². The number of halogens is 2. The van der Waals surface area contributed by atoms with Crippen LogP contribution in [0.4, 0.5) is 0 Å². The van der Waals surface area contributed by atoms with Gasteiger partial charge in [-0.05, 0) is 24.3 Å². The molecule has 1 saturated heterocycles. The Hall–Kier alpha value is -0.770. The van der Waals surface area contributed by atoms with Crippen molar-refractivity contribution in [1.29, 1.82) is 0 Å². The number of hydrogen-bond donors (Lipinski definition) is 2. The van der Waals surface area contributed by atoms with Crippen LogP contribution in [0.5, 0.6) is 0 Å². The van der Waals surface area contributed by atoms with Crippen molar-refractivity contribution < 1.29 is 4.79 Å². The molecule has 2 N–H and O–H groups in total. The SMILES string of the molecule is Cl.O=C(NCC1CNC1)c1ccc(Cl)cc1. The first-order valence-electron chi connectivity index (χ1n) is 5.00. The molecule has 1 heterocycles. The summed E-state index contributed by atoms with van der Waals surface area (Å²) < 4.78 is 0. The molecule has 3 nitrogen and oxygen atoms in total. The maximum absolute atomic E-state index is 11.6. The van der Waals surface area contributed by atoms with Gasteiger partial charge >= 0.3 is 0 Å². The molecule has 0 aromatic heterocycles. The second-order valence-corrected chi connectivity index (χ2v) is 4.18. The first kappa shape index (κ1) is 13.3. The van der Waals surface area contributed by atoms with Crippen molar-refractivity contribution in [2.45, 2.75) is 0 Å². The fourth-order valence-electron chi connectivity index (χ4n) is 1.43. The van der Waals surface area contributed by atoms with Crippen molar-refractivity contribution in [2.24, 2.45) is 5.92 Å². The fraction of sp³-hybridized carbons (Fsp3) is 0.364. The molecule has 1 amide bonds. The van der Waals surface area contributed by atoms with Gasteiger partial charge in [-0.15, -0.1) is 12.4 Å². The summed E-state index contributed by atoms with van der Waals surface area (Å²) in [6.07, 6.45) is 0. The van der Waals surface area contributed by atoms with Gasteiger partial charge in [-0.2, -0.15) is 0 Å². The minimum atomic E-state index is -0.0291. The van der Waals surface area contributed by atoms with Crippen molar-refractivity contribution in [3.63, 3.8) is 0 Å². The van der Waals surface area contributed by atoms with Gasteiger partial charge < -0.3 is 10.6 Å². The topological polar surface area (TPSA) is 41.1 Å². The molecule has 16 heavy (non-hydrogen) atoms. The summed E-state index contributed by atoms with van der Waals surface area (Å²) in [4.78, 5) is 11.6. The molecule has 88 valence electrons. The van der Waals surface area contributed by atoms with E-state index in [1.54, 1.807) is 24.3 Å². The molecule has 1 aromatic rings. The zero-order valence-corrected chi connectivity index (χ0v) is 10.3. The number of carbonyl (C=O) groups is 1. The molecule has 0 saturated carbocycles. The summed E-state index contributed by atoms with van der Waals surface area (Å²) in [5.41, 5.74) is 0.659. The van der Waals surface area contributed by atoms with Gasteiger partial charge in [-0.25, -0.2) is 0 Å². The molecule has 0 unspecified atom stereocenters. The Kier molecular flexibility index (Phi) is 5.06. The lowest BCUT2D eigenvalue weighted by molar-refractivity contribution is 0.0942. The molecular weight excluding hydrogens is 247 g/mol. The van der Waals surface area contributed by atoms with Gasteiger partial charge in [0.25, 0.3) is 5.91 Å². The van der Waals surface area contributed by atoms with Crippen LogP contribution in [-0.2, 0) is 0 Å². The Balaban J connectivity index is 0.00000128. The molecule has 0 spiro atoms. The van der Waals surface area contributed by atoms with Gasteiger partial charge in [0.05, 0.1) is 0 Å². The molecule has 0 radical (unpaired) electrons. The zero-order chi connectivity index (χ0) is 10.7. The molecule has 1 aliphatic heterocycles. The average molecular weight is 261 g/mol. The number of carbonyl (C=O) groups excluding carboxylic acids is 1. The number of rotatable bonds is 3. The van der Waals surface area contributed by atoms with Gasteiger partial charge in [0.1, 0.15) is 0 Å². The van der Waals surface area contributed by atoms with Crippen molar-refractivity contribution in [3.8, 4) is 0 Å². The third kappa shape index (κ3) is 3.37. The monoisotopic (exact) mass is 260 g/mol. The molecule has 5 heteroatoms. The van der Waals surface area contributed by atoms with Gasteiger partial charge in [-0.1, -0.05) is 11.6 Å². The smallest absolute Gasteiger partial charge is 0.251 e. The Bertz CT molecular complexity index is 350. The molecular formula is C11H14Cl2N2O. The van der Waals surface area contributed by atoms with E-state index in [4.69, 9.17) is 11.6 Å². The third-order valence-corrected chi connectivity index (χ3v) is 2.78. The maximum Gasteiger partial charge on any atom is 0.251 e. The van der Waals surface area contributed by atoms with Gasteiger partial charge in [0.15, 0.2) is 0 Å². The highest BCUT2D eigenvalue weighted by atomic mass is 35.5. The average Bonchev–Trinajstić information content (AvgIpc) is 2.16. The van der Waals surface area contributed by atoms with Crippen molar-refractivity contribution in [2.75, 3.05) is 19.6 Å². The summed E-state index contributed by atoms with van der Waals surface area (Å²) in [7, 11) is 0. The van der Waals surface area contributed by atoms with E-state index in [0.29, 0.717) is 16.5 Å². The van der Waals surface area contributed by atoms with E-state index in [-0.39, 0.29) is 18.3 Å². The molecule has 1 fully saturated rings. The molecule has 1 aliphatic rings. The lowest BCUT2D eigenvalue weighted by Crippen LogP contribution is -2.48. The van der Waals surface area contributed by atoms with E-state index < -0.39 is 0 Å². The van der Waals surface area contributed by atoms with E-state index in [2.05, 4.69) is 10.6 Å². The van der Waals surface area contributed by atoms with Crippen molar-refractivity contribution in [1.82, 2.24) is 10.6 Å². The summed E-state index contributed by atoms with van der Waals surface area (Å²) in [6.45, 7) is 2.75. The van der Waals surface area contributed by atoms with Crippen LogP contribution in [0.2, 0.25) is 5.02 Å². The molecule has 0 aliphatic carbocycles. The molecule has 0 atom stereocenters. The Morgan fingerprint density at radius 2 is 2.00 bits per heavy atom. The van der Waals surface area contributed by atoms with Crippen LogP contribution in [0.1, 0.15) is 10.4 Å². The van der Waals surface area contributed by atoms with E-state index in [1.165, 1.54) is 0 Å². The minimum Gasteiger partial charge on any atom is -0.352 e. The number of benzene rings is 1. The van der Waals surface area contributed by atoms with E-state index in [0.717, 1.165) is 19.6 Å². The quantitative estimate of drug-likeness (QED) is 0.869. The van der Waals surface area contributed by atoms with Gasteiger partial charge in [0.2, 0.25) is 0 Å². The number of nitrogens with one attached hydrogen (secondary N) is 2. The standard InChI is InChI=1S/C11H13ClN2O.ClH/c12-10-3-1-9(2-4-10)11(15)14-7-8-5-13-6-8;/h1-4,8,13H,5-7H2,(H,14,15);1H. The summed E-state index contributed by atoms with van der Waals surface area (Å²) >= 11 is 5.74. The van der Waals surface area contributed by atoms with Crippen LogP contribution in [-0.4, -0.2) is 25.5 Å². The first-order valence-corrected chi connectivity index (χ1v) is 5.38. The number of amides is 1. The molecule has 1 aromatic carbocycles. The van der Waals surface area contributed by atoms with E-state index in [1.807, 2.05) is 0 Å². The highest BCUT2D eigenvalue weighted by Crippen LogP contribution is 2.09. The largest absolute Gasteiger partial charge is 0.352 e. The molecule has 0 bridgehead atoms. The predicted octanol–water partition coefficient (Wildman–Crippen LogP) is 1.71. The highest BCUT2D eigenvalue weighted by molar-refractivity contribution is 6.30. The first-order chi connectivity index (χ1) is 7.25. The van der Waals surface area contributed by atoms with Crippen molar-refractivity contribution in [3.05, 3.63) is 34.9 Å². The Labute approximate surface area is 106 Å². The maximum atomic E-state index is 11.6. The van der Waals surface area contributed by atoms with Gasteiger partial charge in [0, 0.05) is 36.1 Å². The second-order valence-electron chi connectivity index (χ2n) is 3.74. The fourth-order valence-corrected chi connectivity index (χ4v) is 1.56. The molecule has 2 rings (SSSR count). The summed E-state index contributed by atoms with van der Waals surface area (Å²) in [5, 5.41) is 6.71.